The predicted molar refractivity (Wildman–Crippen MR) is 81.3 cm³/mol. The molecule has 0 aromatic carbocycles. The fraction of sp³-hybridized carbons (Fsp3) is 0.583. The lowest BCUT2D eigenvalue weighted by Gasteiger charge is -2.38. The molecule has 0 amide bonds. The molecule has 0 spiro atoms. The van der Waals surface area contributed by atoms with E-state index in [0.29, 0.717) is 6.54 Å². The monoisotopic (exact) mass is 365 g/mol. The Bertz CT molecular complexity index is 375. The topological polar surface area (TPSA) is 58.8 Å². The summed E-state index contributed by atoms with van der Waals surface area (Å²) < 4.78 is 10.4. The number of hydrogen-bond acceptors (Lipinski definition) is 3. The molecule has 1 aromatic heterocycles. The highest BCUT2D eigenvalue weighted by Crippen LogP contribution is 2.24. The molecule has 0 saturated carbocycles. The first-order chi connectivity index (χ1) is 8.22. The van der Waals surface area contributed by atoms with E-state index in [9.17, 15) is 0 Å². The van der Waals surface area contributed by atoms with E-state index in [0.717, 1.165) is 31.5 Å². The normalized spacial score (nSPS) is 17.6. The summed E-state index contributed by atoms with van der Waals surface area (Å²) >= 11 is 0. The average Bonchev–Trinajstić information content (AvgIpc) is 2.80. The van der Waals surface area contributed by atoms with Gasteiger partial charge in [-0.05, 0) is 12.1 Å². The molecule has 1 aliphatic heterocycles. The zero-order valence-corrected chi connectivity index (χ0v) is 13.1. The zero-order chi connectivity index (χ0) is 12.1. The van der Waals surface area contributed by atoms with Gasteiger partial charge in [-0.15, -0.1) is 24.0 Å². The van der Waals surface area contributed by atoms with Gasteiger partial charge in [-0.2, -0.15) is 0 Å². The molecule has 1 aromatic rings. The van der Waals surface area contributed by atoms with E-state index in [-0.39, 0.29) is 29.4 Å². The fourth-order valence-corrected chi connectivity index (χ4v) is 1.65. The highest BCUT2D eigenvalue weighted by molar-refractivity contribution is 14.0. The summed E-state index contributed by atoms with van der Waals surface area (Å²) in [7, 11) is 1.76. The summed E-state index contributed by atoms with van der Waals surface area (Å²) in [6.07, 6.45) is 1.67. The van der Waals surface area contributed by atoms with Gasteiger partial charge in [-0.25, -0.2) is 0 Å². The van der Waals surface area contributed by atoms with Crippen LogP contribution >= 0.6 is 24.0 Å². The maximum absolute atomic E-state index is 5.24. The maximum Gasteiger partial charge on any atom is 0.191 e. The summed E-state index contributed by atoms with van der Waals surface area (Å²) in [5, 5.41) is 6.49. The van der Waals surface area contributed by atoms with Crippen molar-refractivity contribution in [2.45, 2.75) is 13.5 Å². The number of furan rings is 1. The molecule has 5 nitrogen and oxygen atoms in total. The van der Waals surface area contributed by atoms with E-state index in [1.165, 1.54) is 0 Å². The molecule has 0 bridgehead atoms. The molecule has 2 N–H and O–H groups in total. The Hall–Kier alpha value is -0.760. The third kappa shape index (κ3) is 4.16. The van der Waals surface area contributed by atoms with E-state index in [1.807, 2.05) is 12.1 Å². The number of halogens is 1. The van der Waals surface area contributed by atoms with Crippen molar-refractivity contribution in [2.75, 3.05) is 26.8 Å². The second-order valence-electron chi connectivity index (χ2n) is 4.66. The molecule has 0 unspecified atom stereocenters. The van der Waals surface area contributed by atoms with Gasteiger partial charge in [0.2, 0.25) is 0 Å². The van der Waals surface area contributed by atoms with Gasteiger partial charge in [-0.3, -0.25) is 4.99 Å². The number of nitrogens with one attached hydrogen (secondary N) is 2. The SMILES string of the molecule is CN=C(NCc1ccco1)NCC1(C)COC1.I. The quantitative estimate of drug-likeness (QED) is 0.484. The summed E-state index contributed by atoms with van der Waals surface area (Å²) in [4.78, 5) is 4.16. The molecular weight excluding hydrogens is 345 g/mol. The second-order valence-corrected chi connectivity index (χ2v) is 4.66. The van der Waals surface area contributed by atoms with Crippen LogP contribution in [0.2, 0.25) is 0 Å². The molecule has 0 atom stereocenters. The van der Waals surface area contributed by atoms with Crippen LogP contribution < -0.4 is 10.6 Å². The van der Waals surface area contributed by atoms with Crippen molar-refractivity contribution in [1.29, 1.82) is 0 Å². The van der Waals surface area contributed by atoms with E-state index < -0.39 is 0 Å². The van der Waals surface area contributed by atoms with Crippen molar-refractivity contribution in [3.05, 3.63) is 24.2 Å². The predicted octanol–water partition coefficient (Wildman–Crippen LogP) is 1.60. The number of aliphatic imine (C=N–C) groups is 1. The van der Waals surface area contributed by atoms with Crippen LogP contribution in [0.3, 0.4) is 0 Å². The molecule has 1 fully saturated rings. The van der Waals surface area contributed by atoms with Crippen molar-refractivity contribution < 1.29 is 9.15 Å². The summed E-state index contributed by atoms with van der Waals surface area (Å²) in [6, 6.07) is 3.81. The Morgan fingerprint density at radius 2 is 2.22 bits per heavy atom. The van der Waals surface area contributed by atoms with Gasteiger partial charge in [0.15, 0.2) is 5.96 Å². The minimum Gasteiger partial charge on any atom is -0.467 e. The minimum atomic E-state index is 0. The summed E-state index contributed by atoms with van der Waals surface area (Å²) in [5.74, 6) is 1.68. The van der Waals surface area contributed by atoms with Gasteiger partial charge in [0.1, 0.15) is 5.76 Å². The van der Waals surface area contributed by atoms with Crippen LogP contribution in [-0.4, -0.2) is 32.8 Å². The Morgan fingerprint density at radius 1 is 1.44 bits per heavy atom. The number of rotatable bonds is 4. The first-order valence-corrected chi connectivity index (χ1v) is 5.76. The van der Waals surface area contributed by atoms with Crippen molar-refractivity contribution in [3.8, 4) is 0 Å². The number of ether oxygens (including phenoxy) is 1. The van der Waals surface area contributed by atoms with Gasteiger partial charge in [0.05, 0.1) is 26.0 Å². The Labute approximate surface area is 124 Å². The lowest BCUT2D eigenvalue weighted by Crippen LogP contribution is -2.50. The average molecular weight is 365 g/mol. The third-order valence-corrected chi connectivity index (χ3v) is 2.82. The van der Waals surface area contributed by atoms with Gasteiger partial charge in [0, 0.05) is 19.0 Å². The Kier molecular flexibility index (Phi) is 5.94. The highest BCUT2D eigenvalue weighted by atomic mass is 127. The first kappa shape index (κ1) is 15.3. The lowest BCUT2D eigenvalue weighted by molar-refractivity contribution is -0.0971. The van der Waals surface area contributed by atoms with Gasteiger partial charge in [-0.1, -0.05) is 6.92 Å². The number of nitrogens with zero attached hydrogens (tertiary/aromatic N) is 1. The third-order valence-electron chi connectivity index (χ3n) is 2.82. The van der Waals surface area contributed by atoms with Crippen molar-refractivity contribution >= 4 is 29.9 Å². The first-order valence-electron chi connectivity index (χ1n) is 5.76. The fourth-order valence-electron chi connectivity index (χ4n) is 1.65. The maximum atomic E-state index is 5.24. The van der Waals surface area contributed by atoms with Crippen molar-refractivity contribution in [2.24, 2.45) is 10.4 Å². The largest absolute Gasteiger partial charge is 0.467 e. The summed E-state index contributed by atoms with van der Waals surface area (Å²) in [5.41, 5.74) is 0.238. The lowest BCUT2D eigenvalue weighted by atomic mass is 9.89. The molecule has 2 rings (SSSR count). The molecule has 1 aliphatic rings. The van der Waals surface area contributed by atoms with Crippen molar-refractivity contribution in [1.82, 2.24) is 10.6 Å². The zero-order valence-electron chi connectivity index (χ0n) is 10.7. The van der Waals surface area contributed by atoms with Crippen LogP contribution in [0, 0.1) is 5.41 Å². The van der Waals surface area contributed by atoms with Crippen LogP contribution in [0.1, 0.15) is 12.7 Å². The minimum absolute atomic E-state index is 0. The number of hydrogen-bond donors (Lipinski definition) is 2. The Morgan fingerprint density at radius 3 is 2.72 bits per heavy atom. The van der Waals surface area contributed by atoms with Crippen molar-refractivity contribution in [3.63, 3.8) is 0 Å². The molecular formula is C12H20IN3O2. The van der Waals surface area contributed by atoms with Crippen LogP contribution in [0.15, 0.2) is 27.8 Å². The molecule has 0 aliphatic carbocycles. The molecule has 18 heavy (non-hydrogen) atoms. The van der Waals surface area contributed by atoms with Gasteiger partial charge < -0.3 is 19.8 Å². The van der Waals surface area contributed by atoms with E-state index in [4.69, 9.17) is 9.15 Å². The number of guanidine groups is 1. The van der Waals surface area contributed by atoms with E-state index in [1.54, 1.807) is 13.3 Å². The highest BCUT2D eigenvalue weighted by Gasteiger charge is 2.33. The molecule has 2 heterocycles. The summed E-state index contributed by atoms with van der Waals surface area (Å²) in [6.45, 7) is 5.33. The molecule has 0 radical (unpaired) electrons. The van der Waals surface area contributed by atoms with E-state index >= 15 is 0 Å². The van der Waals surface area contributed by atoms with Crippen LogP contribution in [0.4, 0.5) is 0 Å². The molecule has 6 heteroatoms. The standard InChI is InChI=1S/C12H19N3O2.HI/c1-12(8-16-9-12)7-15-11(13-2)14-6-10-4-3-5-17-10;/h3-5H,6-9H2,1-2H3,(H2,13,14,15);1H. The molecule has 1 saturated heterocycles. The van der Waals surface area contributed by atoms with Crippen LogP contribution in [0.5, 0.6) is 0 Å². The van der Waals surface area contributed by atoms with Gasteiger partial charge >= 0.3 is 0 Å². The van der Waals surface area contributed by atoms with Gasteiger partial charge in [0.25, 0.3) is 0 Å². The van der Waals surface area contributed by atoms with Crippen LogP contribution in [0.25, 0.3) is 0 Å². The smallest absolute Gasteiger partial charge is 0.191 e. The second kappa shape index (κ2) is 6.98. The van der Waals surface area contributed by atoms with Crippen LogP contribution in [-0.2, 0) is 11.3 Å². The molecule has 102 valence electrons. The Balaban J connectivity index is 0.00000162. The van der Waals surface area contributed by atoms with E-state index in [2.05, 4.69) is 22.5 Å².